The number of nitrogens with one attached hydrogen (secondary N) is 1. The van der Waals surface area contributed by atoms with Gasteiger partial charge in [-0.1, -0.05) is 18.2 Å². The summed E-state index contributed by atoms with van der Waals surface area (Å²) in [6, 6.07) is 15.1. The summed E-state index contributed by atoms with van der Waals surface area (Å²) in [6.45, 7) is 0.647. The molecule has 3 aromatic rings. The van der Waals surface area contributed by atoms with E-state index in [0.717, 1.165) is 11.3 Å². The molecule has 1 N–H and O–H groups in total. The number of carbonyl (C=O) groups is 1. The van der Waals surface area contributed by atoms with E-state index in [1.165, 1.54) is 35.6 Å². The zero-order valence-electron chi connectivity index (χ0n) is 15.4. The van der Waals surface area contributed by atoms with Crippen LogP contribution in [0.15, 0.2) is 70.9 Å². The van der Waals surface area contributed by atoms with E-state index < -0.39 is 16.1 Å². The first-order valence-corrected chi connectivity index (χ1v) is 11.5. The van der Waals surface area contributed by atoms with Crippen molar-refractivity contribution in [2.45, 2.75) is 23.8 Å². The largest absolute Gasteiger partial charge is 0.312 e. The predicted octanol–water partition coefficient (Wildman–Crippen LogP) is 4.08. The van der Waals surface area contributed by atoms with E-state index in [-0.39, 0.29) is 16.6 Å². The third-order valence-electron chi connectivity index (χ3n) is 4.84. The fourth-order valence-corrected chi connectivity index (χ4v) is 5.43. The number of hydrogen-bond acceptors (Lipinski definition) is 4. The highest BCUT2D eigenvalue weighted by Crippen LogP contribution is 2.29. The second-order valence-corrected chi connectivity index (χ2v) is 9.46. The summed E-state index contributed by atoms with van der Waals surface area (Å²) in [5.41, 5.74) is 1.34. The van der Waals surface area contributed by atoms with Crippen molar-refractivity contribution < 1.29 is 17.6 Å². The summed E-state index contributed by atoms with van der Waals surface area (Å²) < 4.78 is 42.1. The van der Waals surface area contributed by atoms with Gasteiger partial charge in [0.25, 0.3) is 0 Å². The van der Waals surface area contributed by atoms with Gasteiger partial charge in [0, 0.05) is 23.5 Å². The molecule has 1 aromatic heterocycles. The van der Waals surface area contributed by atoms with Crippen molar-refractivity contribution in [3.63, 3.8) is 0 Å². The summed E-state index contributed by atoms with van der Waals surface area (Å²) in [5, 5.41) is 1.86. The van der Waals surface area contributed by atoms with Crippen molar-refractivity contribution in [1.82, 2.24) is 4.72 Å². The number of amides is 1. The van der Waals surface area contributed by atoms with Gasteiger partial charge in [0.05, 0.1) is 10.9 Å². The molecule has 1 aliphatic rings. The van der Waals surface area contributed by atoms with Gasteiger partial charge in [0.15, 0.2) is 0 Å². The van der Waals surface area contributed by atoms with E-state index in [1.54, 1.807) is 29.2 Å². The van der Waals surface area contributed by atoms with Crippen LogP contribution in [0, 0.1) is 5.82 Å². The molecule has 8 heteroatoms. The van der Waals surface area contributed by atoms with E-state index in [0.29, 0.717) is 24.2 Å². The number of sulfonamides is 1. The lowest BCUT2D eigenvalue weighted by Gasteiger charge is -2.19. The van der Waals surface area contributed by atoms with Crippen LogP contribution in [0.2, 0.25) is 0 Å². The van der Waals surface area contributed by atoms with Crippen LogP contribution < -0.4 is 9.62 Å². The Morgan fingerprint density at radius 3 is 2.34 bits per heavy atom. The van der Waals surface area contributed by atoms with E-state index >= 15 is 0 Å². The lowest BCUT2D eigenvalue weighted by atomic mass is 10.1. The van der Waals surface area contributed by atoms with E-state index in [4.69, 9.17) is 0 Å². The highest BCUT2D eigenvalue weighted by atomic mass is 32.2. The second-order valence-electron chi connectivity index (χ2n) is 6.76. The number of thiophene rings is 1. The second kappa shape index (κ2) is 8.06. The molecule has 1 amide bonds. The van der Waals surface area contributed by atoms with Gasteiger partial charge in [0.2, 0.25) is 15.9 Å². The summed E-state index contributed by atoms with van der Waals surface area (Å²) in [4.78, 5) is 14.5. The molecular formula is C21H19FN2O3S2. The fraction of sp³-hybridized carbons (Fsp3) is 0.190. The Morgan fingerprint density at radius 1 is 1.03 bits per heavy atom. The molecule has 1 saturated heterocycles. The molecule has 0 aliphatic carbocycles. The van der Waals surface area contributed by atoms with Gasteiger partial charge in [-0.05, 0) is 59.8 Å². The van der Waals surface area contributed by atoms with Crippen LogP contribution in [0.1, 0.15) is 29.3 Å². The van der Waals surface area contributed by atoms with Crippen LogP contribution in [-0.2, 0) is 14.8 Å². The zero-order valence-corrected chi connectivity index (χ0v) is 17.0. The molecule has 2 aromatic carbocycles. The third kappa shape index (κ3) is 4.24. The highest BCUT2D eigenvalue weighted by Gasteiger charge is 2.25. The standard InChI is InChI=1S/C21H19FN2O3S2/c22-16-7-5-15(6-8-16)21(19-3-2-14-28-19)23-29(26,27)18-11-9-17(10-12-18)24-13-1-4-20(24)25/h2-3,5-12,14,21,23H,1,4,13H2. The Kier molecular flexibility index (Phi) is 5.49. The Labute approximate surface area is 172 Å². The van der Waals surface area contributed by atoms with Gasteiger partial charge in [-0.2, -0.15) is 4.72 Å². The van der Waals surface area contributed by atoms with Gasteiger partial charge in [-0.3, -0.25) is 4.79 Å². The van der Waals surface area contributed by atoms with Gasteiger partial charge in [-0.15, -0.1) is 11.3 Å². The number of halogens is 1. The number of anilines is 1. The average Bonchev–Trinajstić information content (AvgIpc) is 3.39. The first kappa shape index (κ1) is 19.8. The van der Waals surface area contributed by atoms with Gasteiger partial charge >= 0.3 is 0 Å². The number of hydrogen-bond donors (Lipinski definition) is 1. The van der Waals surface area contributed by atoms with Crippen molar-refractivity contribution in [2.24, 2.45) is 0 Å². The molecule has 150 valence electrons. The summed E-state index contributed by atoms with van der Waals surface area (Å²) in [6.07, 6.45) is 1.32. The Bertz CT molecular complexity index is 1100. The lowest BCUT2D eigenvalue weighted by molar-refractivity contribution is -0.117. The average molecular weight is 431 g/mol. The minimum Gasteiger partial charge on any atom is -0.312 e. The molecule has 2 heterocycles. The number of rotatable bonds is 6. The van der Waals surface area contributed by atoms with E-state index in [1.807, 2.05) is 17.5 Å². The molecule has 1 atom stereocenters. The van der Waals surface area contributed by atoms with Crippen LogP contribution in [0.3, 0.4) is 0 Å². The maximum atomic E-state index is 13.3. The Hall–Kier alpha value is -2.55. The zero-order chi connectivity index (χ0) is 20.4. The molecule has 29 heavy (non-hydrogen) atoms. The lowest BCUT2D eigenvalue weighted by Crippen LogP contribution is -2.29. The predicted molar refractivity (Wildman–Crippen MR) is 111 cm³/mol. The van der Waals surface area contributed by atoms with Crippen molar-refractivity contribution in [1.29, 1.82) is 0 Å². The Morgan fingerprint density at radius 2 is 1.76 bits per heavy atom. The maximum absolute atomic E-state index is 13.3. The Balaban J connectivity index is 1.61. The maximum Gasteiger partial charge on any atom is 0.241 e. The van der Waals surface area contributed by atoms with Gasteiger partial charge in [-0.25, -0.2) is 12.8 Å². The molecule has 1 unspecified atom stereocenters. The molecule has 0 bridgehead atoms. The summed E-state index contributed by atoms with van der Waals surface area (Å²) in [7, 11) is -3.84. The number of carbonyl (C=O) groups excluding carboxylic acids is 1. The first-order valence-electron chi connectivity index (χ1n) is 9.16. The molecule has 5 nitrogen and oxygen atoms in total. The van der Waals surface area contributed by atoms with Crippen LogP contribution in [0.5, 0.6) is 0 Å². The monoisotopic (exact) mass is 430 g/mol. The van der Waals surface area contributed by atoms with E-state index in [9.17, 15) is 17.6 Å². The van der Waals surface area contributed by atoms with Crippen molar-refractivity contribution in [3.05, 3.63) is 82.3 Å². The van der Waals surface area contributed by atoms with Gasteiger partial charge < -0.3 is 4.90 Å². The van der Waals surface area contributed by atoms with Crippen LogP contribution in [-0.4, -0.2) is 20.9 Å². The van der Waals surface area contributed by atoms with E-state index in [2.05, 4.69) is 4.72 Å². The molecule has 0 radical (unpaired) electrons. The highest BCUT2D eigenvalue weighted by molar-refractivity contribution is 7.89. The third-order valence-corrected chi connectivity index (χ3v) is 7.21. The normalized spacial score (nSPS) is 15.6. The quantitative estimate of drug-likeness (QED) is 0.641. The van der Waals surface area contributed by atoms with Crippen LogP contribution >= 0.6 is 11.3 Å². The molecular weight excluding hydrogens is 411 g/mol. The SMILES string of the molecule is O=C1CCCN1c1ccc(S(=O)(=O)NC(c2ccc(F)cc2)c2cccs2)cc1. The topological polar surface area (TPSA) is 66.5 Å². The minimum atomic E-state index is -3.84. The minimum absolute atomic E-state index is 0.0489. The molecule has 0 saturated carbocycles. The molecule has 1 aliphatic heterocycles. The van der Waals surface area contributed by atoms with Gasteiger partial charge in [0.1, 0.15) is 5.82 Å². The number of nitrogens with zero attached hydrogens (tertiary/aromatic N) is 1. The summed E-state index contributed by atoms with van der Waals surface area (Å²) in [5.74, 6) is -0.332. The summed E-state index contributed by atoms with van der Waals surface area (Å²) >= 11 is 1.42. The van der Waals surface area contributed by atoms with Crippen LogP contribution in [0.25, 0.3) is 0 Å². The molecule has 4 rings (SSSR count). The van der Waals surface area contributed by atoms with Crippen molar-refractivity contribution in [3.8, 4) is 0 Å². The van der Waals surface area contributed by atoms with Crippen molar-refractivity contribution in [2.75, 3.05) is 11.4 Å². The molecule has 1 fully saturated rings. The smallest absolute Gasteiger partial charge is 0.241 e. The first-order chi connectivity index (χ1) is 13.9. The number of benzene rings is 2. The fourth-order valence-electron chi connectivity index (χ4n) is 3.35. The molecule has 0 spiro atoms. The van der Waals surface area contributed by atoms with Crippen LogP contribution in [0.4, 0.5) is 10.1 Å². The van der Waals surface area contributed by atoms with Crippen molar-refractivity contribution >= 4 is 33.0 Å².